The molecule has 1 aliphatic rings. The average Bonchev–Trinajstić information content (AvgIpc) is 3.10. The van der Waals surface area contributed by atoms with Crippen molar-refractivity contribution in [3.05, 3.63) is 42.2 Å². The summed E-state index contributed by atoms with van der Waals surface area (Å²) >= 11 is 0. The highest BCUT2D eigenvalue weighted by molar-refractivity contribution is 5.94. The maximum Gasteiger partial charge on any atom is 0.253 e. The van der Waals surface area contributed by atoms with Gasteiger partial charge in [0.1, 0.15) is 24.0 Å². The summed E-state index contributed by atoms with van der Waals surface area (Å²) in [7, 11) is 5.43. The zero-order valence-corrected chi connectivity index (χ0v) is 14.7. The summed E-state index contributed by atoms with van der Waals surface area (Å²) in [6, 6.07) is 8.95. The molecular formula is C18H22N4O3. The van der Waals surface area contributed by atoms with Crippen LogP contribution in [0.1, 0.15) is 16.8 Å². The second-order valence-electron chi connectivity index (χ2n) is 6.12. The molecular weight excluding hydrogens is 320 g/mol. The summed E-state index contributed by atoms with van der Waals surface area (Å²) < 4.78 is 11.1. The fourth-order valence-electron chi connectivity index (χ4n) is 2.73. The molecule has 1 aromatic carbocycles. The minimum atomic E-state index is -0.0629. The number of anilines is 1. The van der Waals surface area contributed by atoms with Crippen molar-refractivity contribution in [2.45, 2.75) is 12.5 Å². The number of carbonyl (C=O) groups excluding carboxylic acids is 1. The van der Waals surface area contributed by atoms with Gasteiger partial charge in [-0.1, -0.05) is 0 Å². The van der Waals surface area contributed by atoms with Crippen molar-refractivity contribution in [2.75, 3.05) is 39.2 Å². The lowest BCUT2D eigenvalue weighted by molar-refractivity contribution is 0.0771. The van der Waals surface area contributed by atoms with Crippen LogP contribution in [0.4, 0.5) is 5.82 Å². The molecule has 0 N–H and O–H groups in total. The molecule has 2 heterocycles. The first-order chi connectivity index (χ1) is 12.1. The topological polar surface area (TPSA) is 67.8 Å². The van der Waals surface area contributed by atoms with Gasteiger partial charge in [-0.25, -0.2) is 9.97 Å². The van der Waals surface area contributed by atoms with Gasteiger partial charge in [-0.05, 0) is 24.3 Å². The molecule has 0 spiro atoms. The Morgan fingerprint density at radius 1 is 1.24 bits per heavy atom. The van der Waals surface area contributed by atoms with Crippen molar-refractivity contribution in [1.82, 2.24) is 14.9 Å². The van der Waals surface area contributed by atoms with Crippen LogP contribution in [0, 0.1) is 0 Å². The van der Waals surface area contributed by atoms with Gasteiger partial charge in [0, 0.05) is 38.7 Å². The molecule has 25 heavy (non-hydrogen) atoms. The van der Waals surface area contributed by atoms with E-state index in [1.807, 2.05) is 19.0 Å². The monoisotopic (exact) mass is 342 g/mol. The second kappa shape index (κ2) is 7.38. The van der Waals surface area contributed by atoms with E-state index < -0.39 is 0 Å². The summed E-state index contributed by atoms with van der Waals surface area (Å²) in [5.74, 6) is 2.06. The molecule has 7 heteroatoms. The average molecular weight is 342 g/mol. The number of benzene rings is 1. The SMILES string of the molecule is COc1ccc(C(=O)N2CC[C@@H](Oc3cc(N(C)C)ncn3)C2)cc1. The Morgan fingerprint density at radius 2 is 2.00 bits per heavy atom. The highest BCUT2D eigenvalue weighted by atomic mass is 16.5. The van der Waals surface area contributed by atoms with Gasteiger partial charge in [-0.15, -0.1) is 0 Å². The van der Waals surface area contributed by atoms with Gasteiger partial charge in [0.2, 0.25) is 5.88 Å². The first-order valence-electron chi connectivity index (χ1n) is 8.16. The van der Waals surface area contributed by atoms with E-state index in [2.05, 4.69) is 9.97 Å². The van der Waals surface area contributed by atoms with Crippen LogP contribution in [0.25, 0.3) is 0 Å². The quantitative estimate of drug-likeness (QED) is 0.826. The highest BCUT2D eigenvalue weighted by Gasteiger charge is 2.28. The van der Waals surface area contributed by atoms with Gasteiger partial charge in [0.05, 0.1) is 13.7 Å². The van der Waals surface area contributed by atoms with Crippen LogP contribution in [0.2, 0.25) is 0 Å². The fourth-order valence-corrected chi connectivity index (χ4v) is 2.73. The summed E-state index contributed by atoms with van der Waals surface area (Å²) in [4.78, 5) is 24.6. The molecule has 0 unspecified atom stereocenters. The van der Waals surface area contributed by atoms with E-state index in [1.54, 1.807) is 42.3 Å². The Kier molecular flexibility index (Phi) is 5.02. The number of hydrogen-bond acceptors (Lipinski definition) is 6. The number of carbonyl (C=O) groups is 1. The minimum Gasteiger partial charge on any atom is -0.497 e. The van der Waals surface area contributed by atoms with Crippen LogP contribution in [0.15, 0.2) is 36.7 Å². The smallest absolute Gasteiger partial charge is 0.253 e. The van der Waals surface area contributed by atoms with Gasteiger partial charge in [0.15, 0.2) is 0 Å². The zero-order valence-electron chi connectivity index (χ0n) is 14.7. The van der Waals surface area contributed by atoms with Crippen LogP contribution in [-0.2, 0) is 0 Å². The molecule has 1 aliphatic heterocycles. The summed E-state index contributed by atoms with van der Waals surface area (Å²) in [6.07, 6.45) is 2.20. The largest absolute Gasteiger partial charge is 0.497 e. The molecule has 1 aromatic heterocycles. The maximum absolute atomic E-state index is 12.6. The van der Waals surface area contributed by atoms with E-state index in [1.165, 1.54) is 6.33 Å². The van der Waals surface area contributed by atoms with E-state index in [4.69, 9.17) is 9.47 Å². The lowest BCUT2D eigenvalue weighted by Gasteiger charge is -2.18. The number of nitrogens with zero attached hydrogens (tertiary/aromatic N) is 4. The van der Waals surface area contributed by atoms with Gasteiger partial charge < -0.3 is 19.3 Å². The first-order valence-corrected chi connectivity index (χ1v) is 8.16. The van der Waals surface area contributed by atoms with Crippen LogP contribution in [-0.4, -0.2) is 61.2 Å². The van der Waals surface area contributed by atoms with E-state index in [-0.39, 0.29) is 12.0 Å². The summed E-state index contributed by atoms with van der Waals surface area (Å²) in [5.41, 5.74) is 0.651. The van der Waals surface area contributed by atoms with Crippen molar-refractivity contribution in [1.29, 1.82) is 0 Å². The standard InChI is InChI=1S/C18H22N4O3/c1-21(2)16-10-17(20-12-19-16)25-15-8-9-22(11-15)18(23)13-4-6-14(24-3)7-5-13/h4-7,10,12,15H,8-9,11H2,1-3H3/t15-/m1/s1. The van der Waals surface area contributed by atoms with Gasteiger partial charge in [0.25, 0.3) is 5.91 Å². The number of amides is 1. The molecule has 1 atom stereocenters. The highest BCUT2D eigenvalue weighted by Crippen LogP contribution is 2.21. The Balaban J connectivity index is 1.61. The predicted octanol–water partition coefficient (Wildman–Crippen LogP) is 1.84. The van der Waals surface area contributed by atoms with Crippen molar-refractivity contribution < 1.29 is 14.3 Å². The Labute approximate surface area is 147 Å². The molecule has 3 rings (SSSR count). The third-order valence-electron chi connectivity index (χ3n) is 4.14. The van der Waals surface area contributed by atoms with Crippen LogP contribution >= 0.6 is 0 Å². The number of aromatic nitrogens is 2. The lowest BCUT2D eigenvalue weighted by Crippen LogP contribution is -2.31. The molecule has 1 amide bonds. The fraction of sp³-hybridized carbons (Fsp3) is 0.389. The molecule has 1 fully saturated rings. The molecule has 1 saturated heterocycles. The first kappa shape index (κ1) is 17.0. The molecule has 7 nitrogen and oxygen atoms in total. The minimum absolute atomic E-state index is 0.00502. The van der Waals surface area contributed by atoms with Crippen molar-refractivity contribution >= 4 is 11.7 Å². The van der Waals surface area contributed by atoms with Crippen molar-refractivity contribution in [3.8, 4) is 11.6 Å². The normalized spacial score (nSPS) is 16.6. The van der Waals surface area contributed by atoms with Gasteiger partial charge in [-0.2, -0.15) is 0 Å². The molecule has 0 aliphatic carbocycles. The zero-order chi connectivity index (χ0) is 17.8. The molecule has 132 valence electrons. The number of rotatable bonds is 5. The third kappa shape index (κ3) is 3.99. The molecule has 0 saturated carbocycles. The van der Waals surface area contributed by atoms with Crippen LogP contribution in [0.5, 0.6) is 11.6 Å². The van der Waals surface area contributed by atoms with E-state index in [0.717, 1.165) is 18.0 Å². The van der Waals surface area contributed by atoms with Gasteiger partial charge >= 0.3 is 0 Å². The molecule has 2 aromatic rings. The van der Waals surface area contributed by atoms with E-state index in [9.17, 15) is 4.79 Å². The summed E-state index contributed by atoms with van der Waals surface area (Å²) in [6.45, 7) is 1.22. The number of methoxy groups -OCH3 is 1. The lowest BCUT2D eigenvalue weighted by atomic mass is 10.2. The van der Waals surface area contributed by atoms with Crippen LogP contribution in [0.3, 0.4) is 0 Å². The Hall–Kier alpha value is -2.83. The maximum atomic E-state index is 12.6. The van der Waals surface area contributed by atoms with Crippen molar-refractivity contribution in [2.24, 2.45) is 0 Å². The van der Waals surface area contributed by atoms with Crippen LogP contribution < -0.4 is 14.4 Å². The number of hydrogen-bond donors (Lipinski definition) is 0. The Bertz CT molecular complexity index is 733. The Morgan fingerprint density at radius 3 is 2.68 bits per heavy atom. The van der Waals surface area contributed by atoms with Gasteiger partial charge in [-0.3, -0.25) is 4.79 Å². The number of likely N-dealkylation sites (tertiary alicyclic amines) is 1. The molecule has 0 bridgehead atoms. The van der Waals surface area contributed by atoms with E-state index >= 15 is 0 Å². The summed E-state index contributed by atoms with van der Waals surface area (Å²) in [5, 5.41) is 0. The van der Waals surface area contributed by atoms with Crippen molar-refractivity contribution in [3.63, 3.8) is 0 Å². The number of ether oxygens (including phenoxy) is 2. The third-order valence-corrected chi connectivity index (χ3v) is 4.14. The second-order valence-corrected chi connectivity index (χ2v) is 6.12. The predicted molar refractivity (Wildman–Crippen MR) is 94.3 cm³/mol. The molecule has 0 radical (unpaired) electrons. The van der Waals surface area contributed by atoms with E-state index in [0.29, 0.717) is 24.5 Å².